The summed E-state index contributed by atoms with van der Waals surface area (Å²) < 4.78 is 1.93. The lowest BCUT2D eigenvalue weighted by Crippen LogP contribution is -2.12. The van der Waals surface area contributed by atoms with Crippen LogP contribution in [0.5, 0.6) is 0 Å². The van der Waals surface area contributed by atoms with Crippen LogP contribution in [0, 0.1) is 0 Å². The lowest BCUT2D eigenvalue weighted by molar-refractivity contribution is 0.841. The van der Waals surface area contributed by atoms with Crippen molar-refractivity contribution in [2.24, 2.45) is 10.1 Å². The molecule has 0 aliphatic rings. The first-order chi connectivity index (χ1) is 12.9. The topological polar surface area (TPSA) is 29.6 Å². The number of aromatic nitrogens is 1. The Bertz CT molecular complexity index is 1130. The summed E-state index contributed by atoms with van der Waals surface area (Å²) in [5.74, 6) is 0. The number of benzene rings is 2. The highest BCUT2D eigenvalue weighted by Crippen LogP contribution is 2.29. The van der Waals surface area contributed by atoms with Gasteiger partial charge in [-0.05, 0) is 22.2 Å². The lowest BCUT2D eigenvalue weighted by atomic mass is 10.0. The standard InChI is InChI=1S/C21H17N3S2/c1-2-12-22-21-24(23-14-17-9-6-13-25-17)20(15-26-21)19-11-5-8-16-7-3-4-10-18(16)19/h2-11,13-15H,1,12H2. The maximum atomic E-state index is 4.73. The fraction of sp³-hybridized carbons (Fsp3) is 0.0476. The molecule has 0 atom stereocenters. The Labute approximate surface area is 159 Å². The van der Waals surface area contributed by atoms with Crippen molar-refractivity contribution < 1.29 is 0 Å². The van der Waals surface area contributed by atoms with Crippen molar-refractivity contribution in [3.8, 4) is 11.3 Å². The molecule has 0 aliphatic carbocycles. The van der Waals surface area contributed by atoms with E-state index in [-0.39, 0.29) is 0 Å². The SMILES string of the molecule is C=CCN=c1scc(-c2cccc3ccccc23)n1N=Cc1cccs1. The van der Waals surface area contributed by atoms with E-state index in [1.54, 1.807) is 28.7 Å². The van der Waals surface area contributed by atoms with Crippen molar-refractivity contribution in [3.63, 3.8) is 0 Å². The van der Waals surface area contributed by atoms with Crippen LogP contribution in [0.4, 0.5) is 0 Å². The average molecular weight is 376 g/mol. The Kier molecular flexibility index (Phi) is 4.91. The summed E-state index contributed by atoms with van der Waals surface area (Å²) in [6.07, 6.45) is 3.68. The number of hydrogen-bond donors (Lipinski definition) is 0. The highest BCUT2D eigenvalue weighted by molar-refractivity contribution is 7.11. The molecule has 0 aliphatic heterocycles. The quantitative estimate of drug-likeness (QED) is 0.330. The van der Waals surface area contributed by atoms with Crippen LogP contribution < -0.4 is 4.80 Å². The molecule has 0 amide bonds. The van der Waals surface area contributed by atoms with Gasteiger partial charge in [-0.25, -0.2) is 4.68 Å². The predicted octanol–water partition coefficient (Wildman–Crippen LogP) is 5.40. The Morgan fingerprint density at radius 2 is 1.88 bits per heavy atom. The van der Waals surface area contributed by atoms with E-state index in [0.717, 1.165) is 20.9 Å². The van der Waals surface area contributed by atoms with Crippen molar-refractivity contribution >= 4 is 39.7 Å². The van der Waals surface area contributed by atoms with Gasteiger partial charge in [-0.1, -0.05) is 54.6 Å². The third-order valence-corrected chi connectivity index (χ3v) is 5.61. The van der Waals surface area contributed by atoms with Gasteiger partial charge in [0.2, 0.25) is 4.80 Å². The van der Waals surface area contributed by atoms with E-state index in [9.17, 15) is 0 Å². The largest absolute Gasteiger partial charge is 0.253 e. The van der Waals surface area contributed by atoms with E-state index in [0.29, 0.717) is 6.54 Å². The van der Waals surface area contributed by atoms with Gasteiger partial charge >= 0.3 is 0 Å². The average Bonchev–Trinajstić information content (AvgIpc) is 3.34. The minimum absolute atomic E-state index is 0.573. The van der Waals surface area contributed by atoms with Crippen molar-refractivity contribution in [1.29, 1.82) is 0 Å². The monoisotopic (exact) mass is 375 g/mol. The summed E-state index contributed by atoms with van der Waals surface area (Å²) in [6.45, 7) is 4.34. The zero-order valence-corrected chi connectivity index (χ0v) is 15.7. The summed E-state index contributed by atoms with van der Waals surface area (Å²) in [4.78, 5) is 6.58. The second-order valence-electron chi connectivity index (χ2n) is 5.63. The molecular formula is C21H17N3S2. The van der Waals surface area contributed by atoms with Crippen LogP contribution in [-0.2, 0) is 0 Å². The van der Waals surface area contributed by atoms with E-state index in [1.807, 2.05) is 22.3 Å². The first-order valence-corrected chi connectivity index (χ1v) is 10.0. The summed E-state index contributed by atoms with van der Waals surface area (Å²) in [5, 5.41) is 11.3. The molecule has 26 heavy (non-hydrogen) atoms. The van der Waals surface area contributed by atoms with E-state index in [1.165, 1.54) is 10.8 Å². The Morgan fingerprint density at radius 3 is 2.73 bits per heavy atom. The molecule has 0 N–H and O–H groups in total. The molecule has 2 heterocycles. The van der Waals surface area contributed by atoms with Crippen molar-refractivity contribution in [2.45, 2.75) is 0 Å². The van der Waals surface area contributed by atoms with Crippen LogP contribution in [0.3, 0.4) is 0 Å². The zero-order chi connectivity index (χ0) is 17.8. The highest BCUT2D eigenvalue weighted by Gasteiger charge is 2.10. The van der Waals surface area contributed by atoms with Gasteiger partial charge in [-0.2, -0.15) is 5.10 Å². The van der Waals surface area contributed by atoms with Gasteiger partial charge < -0.3 is 0 Å². The van der Waals surface area contributed by atoms with Crippen LogP contribution in [0.15, 0.2) is 88.1 Å². The first kappa shape index (κ1) is 16.7. The molecule has 0 spiro atoms. The maximum absolute atomic E-state index is 4.73. The molecule has 3 nitrogen and oxygen atoms in total. The van der Waals surface area contributed by atoms with Crippen LogP contribution in [0.1, 0.15) is 4.88 Å². The minimum atomic E-state index is 0.573. The molecule has 0 saturated heterocycles. The molecule has 0 bridgehead atoms. The van der Waals surface area contributed by atoms with Gasteiger partial charge in [-0.15, -0.1) is 29.3 Å². The van der Waals surface area contributed by atoms with Gasteiger partial charge in [0, 0.05) is 15.8 Å². The molecule has 4 rings (SSSR count). The van der Waals surface area contributed by atoms with Crippen molar-refractivity contribution in [2.75, 3.05) is 6.54 Å². The van der Waals surface area contributed by atoms with Crippen LogP contribution in [0.25, 0.3) is 22.0 Å². The normalized spacial score (nSPS) is 12.2. The number of hydrogen-bond acceptors (Lipinski definition) is 4. The Hall–Kier alpha value is -2.76. The smallest absolute Gasteiger partial charge is 0.206 e. The third-order valence-electron chi connectivity index (χ3n) is 3.95. The fourth-order valence-corrected chi connectivity index (χ4v) is 4.19. The van der Waals surface area contributed by atoms with E-state index in [2.05, 4.69) is 65.5 Å². The van der Waals surface area contributed by atoms with Crippen molar-refractivity contribution in [1.82, 2.24) is 4.68 Å². The van der Waals surface area contributed by atoms with Gasteiger partial charge in [-0.3, -0.25) is 4.99 Å². The molecular weight excluding hydrogens is 358 g/mol. The van der Waals surface area contributed by atoms with Gasteiger partial charge in [0.15, 0.2) is 0 Å². The number of thiazole rings is 1. The molecule has 0 saturated carbocycles. The Morgan fingerprint density at radius 1 is 1.00 bits per heavy atom. The lowest BCUT2D eigenvalue weighted by Gasteiger charge is -2.07. The van der Waals surface area contributed by atoms with Crippen LogP contribution >= 0.6 is 22.7 Å². The maximum Gasteiger partial charge on any atom is 0.206 e. The van der Waals surface area contributed by atoms with Crippen molar-refractivity contribution in [3.05, 3.63) is 87.7 Å². The summed E-state index contributed by atoms with van der Waals surface area (Å²) >= 11 is 3.26. The second-order valence-corrected chi connectivity index (χ2v) is 7.45. The summed E-state index contributed by atoms with van der Waals surface area (Å²) in [5.41, 5.74) is 2.20. The van der Waals surface area contributed by atoms with Gasteiger partial charge in [0.25, 0.3) is 0 Å². The highest BCUT2D eigenvalue weighted by atomic mass is 32.1. The number of nitrogens with zero attached hydrogens (tertiary/aromatic N) is 3. The Balaban J connectivity index is 1.91. The van der Waals surface area contributed by atoms with Gasteiger partial charge in [0.1, 0.15) is 0 Å². The van der Waals surface area contributed by atoms with E-state index < -0.39 is 0 Å². The third kappa shape index (κ3) is 3.31. The summed E-state index contributed by atoms with van der Waals surface area (Å²) in [7, 11) is 0. The number of fused-ring (bicyclic) bond motifs is 1. The molecule has 2 aromatic heterocycles. The first-order valence-electron chi connectivity index (χ1n) is 8.25. The molecule has 0 unspecified atom stereocenters. The minimum Gasteiger partial charge on any atom is -0.253 e. The van der Waals surface area contributed by atoms with Crippen LogP contribution in [-0.4, -0.2) is 17.4 Å². The molecule has 0 radical (unpaired) electrons. The zero-order valence-electron chi connectivity index (χ0n) is 14.1. The van der Waals surface area contributed by atoms with Crippen LogP contribution in [0.2, 0.25) is 0 Å². The number of thiophene rings is 1. The molecule has 5 heteroatoms. The molecule has 2 aromatic carbocycles. The number of rotatable bonds is 5. The summed E-state index contributed by atoms with van der Waals surface area (Å²) in [6, 6.07) is 18.9. The van der Waals surface area contributed by atoms with Gasteiger partial charge in [0.05, 0.1) is 18.5 Å². The molecule has 4 aromatic rings. The predicted molar refractivity (Wildman–Crippen MR) is 113 cm³/mol. The molecule has 128 valence electrons. The van der Waals surface area contributed by atoms with E-state index in [4.69, 9.17) is 5.10 Å². The second kappa shape index (κ2) is 7.64. The van der Waals surface area contributed by atoms with E-state index >= 15 is 0 Å². The molecule has 0 fully saturated rings. The fourth-order valence-electron chi connectivity index (χ4n) is 2.78.